The molecule has 0 unspecified atom stereocenters. The van der Waals surface area contributed by atoms with Crippen LogP contribution in [0.3, 0.4) is 0 Å². The van der Waals surface area contributed by atoms with Gasteiger partial charge in [-0.25, -0.2) is 4.98 Å². The minimum Gasteiger partial charge on any atom is -0.379 e. The van der Waals surface area contributed by atoms with Crippen molar-refractivity contribution in [1.82, 2.24) is 9.55 Å². The zero-order valence-electron chi connectivity index (χ0n) is 10.9. The van der Waals surface area contributed by atoms with E-state index in [1.165, 1.54) is 0 Å². The third kappa shape index (κ3) is 3.07. The van der Waals surface area contributed by atoms with Crippen LogP contribution in [-0.2, 0) is 6.54 Å². The average Bonchev–Trinajstić information content (AvgIpc) is 2.86. The number of nitriles is 1. The largest absolute Gasteiger partial charge is 0.379 e. The summed E-state index contributed by atoms with van der Waals surface area (Å²) in [4.78, 5) is 4.15. The summed E-state index contributed by atoms with van der Waals surface area (Å²) in [6.07, 6.45) is 3.67. The smallest absolute Gasteiger partial charge is 0.101 e. The van der Waals surface area contributed by atoms with Crippen LogP contribution in [0, 0.1) is 11.3 Å². The van der Waals surface area contributed by atoms with Crippen LogP contribution in [0.25, 0.3) is 0 Å². The van der Waals surface area contributed by atoms with Gasteiger partial charge < -0.3 is 9.88 Å². The third-order valence-electron chi connectivity index (χ3n) is 2.86. The van der Waals surface area contributed by atoms with Crippen molar-refractivity contribution in [2.24, 2.45) is 0 Å². The van der Waals surface area contributed by atoms with Gasteiger partial charge in [0.15, 0.2) is 0 Å². The number of imidazole rings is 1. The monoisotopic (exact) mass is 274 g/mol. The van der Waals surface area contributed by atoms with Gasteiger partial charge in [-0.05, 0) is 32.0 Å². The van der Waals surface area contributed by atoms with E-state index < -0.39 is 0 Å². The van der Waals surface area contributed by atoms with Crippen LogP contribution in [0.4, 0.5) is 5.69 Å². The molecular formula is C14H15ClN4. The number of aromatic nitrogens is 2. The lowest BCUT2D eigenvalue weighted by atomic mass is 10.2. The molecule has 2 aromatic rings. The SMILES string of the molecule is CC(C)n1cncc1CNc1ccc(Cl)c(C#N)c1. The number of hydrogen-bond donors (Lipinski definition) is 1. The number of rotatable bonds is 4. The summed E-state index contributed by atoms with van der Waals surface area (Å²) in [6, 6.07) is 7.78. The average molecular weight is 275 g/mol. The van der Waals surface area contributed by atoms with Gasteiger partial charge in [0.2, 0.25) is 0 Å². The van der Waals surface area contributed by atoms with Crippen molar-refractivity contribution in [2.45, 2.75) is 26.4 Å². The number of halogens is 1. The van der Waals surface area contributed by atoms with E-state index in [1.807, 2.05) is 18.6 Å². The van der Waals surface area contributed by atoms with Gasteiger partial charge in [-0.2, -0.15) is 5.26 Å². The summed E-state index contributed by atoms with van der Waals surface area (Å²) in [6.45, 7) is 4.88. The molecule has 19 heavy (non-hydrogen) atoms. The van der Waals surface area contributed by atoms with Gasteiger partial charge >= 0.3 is 0 Å². The number of nitrogens with zero attached hydrogens (tertiary/aromatic N) is 3. The lowest BCUT2D eigenvalue weighted by Crippen LogP contribution is -2.08. The molecule has 0 amide bonds. The molecule has 0 spiro atoms. The van der Waals surface area contributed by atoms with Crippen LogP contribution in [0.5, 0.6) is 0 Å². The van der Waals surface area contributed by atoms with Crippen LogP contribution in [-0.4, -0.2) is 9.55 Å². The Labute approximate surface area is 117 Å². The molecule has 0 aliphatic carbocycles. The molecule has 2 rings (SSSR count). The fourth-order valence-corrected chi connectivity index (χ4v) is 2.01. The highest BCUT2D eigenvalue weighted by Gasteiger charge is 2.06. The van der Waals surface area contributed by atoms with Crippen molar-refractivity contribution >= 4 is 17.3 Å². The number of nitrogens with one attached hydrogen (secondary N) is 1. The Kier molecular flexibility index (Phi) is 4.08. The van der Waals surface area contributed by atoms with Gasteiger partial charge in [-0.1, -0.05) is 11.6 Å². The maximum atomic E-state index is 8.94. The fraction of sp³-hybridized carbons (Fsp3) is 0.286. The molecule has 0 atom stereocenters. The molecule has 0 bridgehead atoms. The Morgan fingerprint density at radius 3 is 2.95 bits per heavy atom. The van der Waals surface area contributed by atoms with E-state index in [4.69, 9.17) is 16.9 Å². The molecule has 0 aliphatic heterocycles. The van der Waals surface area contributed by atoms with Gasteiger partial charge in [0.25, 0.3) is 0 Å². The summed E-state index contributed by atoms with van der Waals surface area (Å²) in [7, 11) is 0. The molecule has 1 aromatic carbocycles. The van der Waals surface area contributed by atoms with E-state index in [9.17, 15) is 0 Å². The first-order chi connectivity index (χ1) is 9.11. The highest BCUT2D eigenvalue weighted by atomic mass is 35.5. The summed E-state index contributed by atoms with van der Waals surface area (Å²) >= 11 is 5.90. The van der Waals surface area contributed by atoms with Crippen LogP contribution in [0.15, 0.2) is 30.7 Å². The first-order valence-electron chi connectivity index (χ1n) is 6.06. The second-order valence-corrected chi connectivity index (χ2v) is 4.95. The van der Waals surface area contributed by atoms with Gasteiger partial charge in [-0.15, -0.1) is 0 Å². The fourth-order valence-electron chi connectivity index (χ4n) is 1.85. The zero-order valence-corrected chi connectivity index (χ0v) is 11.6. The van der Waals surface area contributed by atoms with Gasteiger partial charge in [0, 0.05) is 17.9 Å². The van der Waals surface area contributed by atoms with Gasteiger partial charge in [0.05, 0.1) is 29.2 Å². The molecule has 0 saturated carbocycles. The molecule has 1 N–H and O–H groups in total. The Balaban J connectivity index is 2.11. The van der Waals surface area contributed by atoms with Gasteiger partial charge in [0.1, 0.15) is 6.07 Å². The van der Waals surface area contributed by atoms with E-state index in [2.05, 4.69) is 34.8 Å². The molecule has 1 heterocycles. The Hall–Kier alpha value is -1.99. The first-order valence-corrected chi connectivity index (χ1v) is 6.44. The standard InChI is InChI=1S/C14H15ClN4/c1-10(2)19-9-17-7-13(19)8-18-12-3-4-14(15)11(5-12)6-16/h3-5,7,9-10,18H,8H2,1-2H3. The maximum Gasteiger partial charge on any atom is 0.101 e. The number of anilines is 1. The second-order valence-electron chi connectivity index (χ2n) is 4.55. The predicted molar refractivity (Wildman–Crippen MR) is 76.1 cm³/mol. The first kappa shape index (κ1) is 13.4. The van der Waals surface area contributed by atoms with Crippen LogP contribution in [0.1, 0.15) is 31.1 Å². The van der Waals surface area contributed by atoms with Crippen molar-refractivity contribution in [1.29, 1.82) is 5.26 Å². The van der Waals surface area contributed by atoms with Crippen molar-refractivity contribution in [2.75, 3.05) is 5.32 Å². The molecule has 0 radical (unpaired) electrons. The van der Waals surface area contributed by atoms with E-state index >= 15 is 0 Å². The van der Waals surface area contributed by atoms with E-state index in [0.29, 0.717) is 23.2 Å². The Bertz CT molecular complexity index is 610. The lowest BCUT2D eigenvalue weighted by molar-refractivity contribution is 0.577. The molecule has 0 saturated heterocycles. The van der Waals surface area contributed by atoms with E-state index in [1.54, 1.807) is 12.1 Å². The Morgan fingerprint density at radius 1 is 1.47 bits per heavy atom. The summed E-state index contributed by atoms with van der Waals surface area (Å²) < 4.78 is 2.11. The molecule has 1 aromatic heterocycles. The summed E-state index contributed by atoms with van der Waals surface area (Å²) in [5.41, 5.74) is 2.45. The molecule has 98 valence electrons. The molecule has 4 nitrogen and oxygen atoms in total. The second kappa shape index (κ2) is 5.77. The minimum atomic E-state index is 0.374. The quantitative estimate of drug-likeness (QED) is 0.927. The molecule has 0 fully saturated rings. The van der Waals surface area contributed by atoms with Crippen molar-refractivity contribution < 1.29 is 0 Å². The third-order valence-corrected chi connectivity index (χ3v) is 3.19. The number of hydrogen-bond acceptors (Lipinski definition) is 3. The van der Waals surface area contributed by atoms with Crippen molar-refractivity contribution in [3.8, 4) is 6.07 Å². The van der Waals surface area contributed by atoms with Crippen LogP contribution >= 0.6 is 11.6 Å². The molecule has 5 heteroatoms. The Morgan fingerprint density at radius 2 is 2.26 bits per heavy atom. The van der Waals surface area contributed by atoms with Crippen molar-refractivity contribution in [3.63, 3.8) is 0 Å². The zero-order chi connectivity index (χ0) is 13.8. The van der Waals surface area contributed by atoms with E-state index in [0.717, 1.165) is 11.4 Å². The predicted octanol–water partition coefficient (Wildman–Crippen LogP) is 3.60. The highest BCUT2D eigenvalue weighted by molar-refractivity contribution is 6.31. The minimum absolute atomic E-state index is 0.374. The topological polar surface area (TPSA) is 53.6 Å². The van der Waals surface area contributed by atoms with Crippen molar-refractivity contribution in [3.05, 3.63) is 47.0 Å². The van der Waals surface area contributed by atoms with Crippen LogP contribution in [0.2, 0.25) is 5.02 Å². The lowest BCUT2D eigenvalue weighted by Gasteiger charge is -2.13. The highest BCUT2D eigenvalue weighted by Crippen LogP contribution is 2.20. The number of benzene rings is 1. The maximum absolute atomic E-state index is 8.94. The normalized spacial score (nSPS) is 10.5. The van der Waals surface area contributed by atoms with Crippen LogP contribution < -0.4 is 5.32 Å². The van der Waals surface area contributed by atoms with E-state index in [-0.39, 0.29) is 0 Å². The van der Waals surface area contributed by atoms with Gasteiger partial charge in [-0.3, -0.25) is 0 Å². The molecule has 0 aliphatic rings. The summed E-state index contributed by atoms with van der Waals surface area (Å²) in [5.74, 6) is 0. The molecular weight excluding hydrogens is 260 g/mol. The summed E-state index contributed by atoms with van der Waals surface area (Å²) in [5, 5.41) is 12.7.